The Morgan fingerprint density at radius 1 is 1.21 bits per heavy atom. The van der Waals surface area contributed by atoms with Crippen molar-refractivity contribution in [2.24, 2.45) is 5.73 Å². The van der Waals surface area contributed by atoms with Gasteiger partial charge in [-0.2, -0.15) is 13.2 Å². The van der Waals surface area contributed by atoms with Crippen LogP contribution >= 0.6 is 22.9 Å². The number of alkyl halides is 3. The fourth-order valence-corrected chi connectivity index (χ4v) is 2.91. The van der Waals surface area contributed by atoms with E-state index in [9.17, 15) is 17.6 Å². The Bertz CT molecular complexity index is 594. The van der Waals surface area contributed by atoms with E-state index in [-0.39, 0.29) is 10.6 Å². The predicted octanol–water partition coefficient (Wildman–Crippen LogP) is 4.61. The number of hydrogen-bond acceptors (Lipinski definition) is 2. The fourth-order valence-electron chi connectivity index (χ4n) is 1.72. The van der Waals surface area contributed by atoms with E-state index in [2.05, 4.69) is 0 Å². The summed E-state index contributed by atoms with van der Waals surface area (Å²) in [4.78, 5) is 0.373. The second kappa shape index (κ2) is 5.11. The summed E-state index contributed by atoms with van der Waals surface area (Å²) < 4.78 is 51.8. The van der Waals surface area contributed by atoms with Crippen LogP contribution in [0.25, 0.3) is 0 Å². The minimum Gasteiger partial charge on any atom is -0.320 e. The van der Waals surface area contributed by atoms with E-state index in [1.165, 1.54) is 6.07 Å². The third-order valence-electron chi connectivity index (χ3n) is 2.58. The van der Waals surface area contributed by atoms with Crippen LogP contribution in [-0.4, -0.2) is 0 Å². The van der Waals surface area contributed by atoms with Gasteiger partial charge in [-0.1, -0.05) is 11.6 Å². The van der Waals surface area contributed by atoms with Crippen molar-refractivity contribution in [3.05, 3.63) is 56.5 Å². The van der Waals surface area contributed by atoms with Gasteiger partial charge in [-0.25, -0.2) is 4.39 Å². The van der Waals surface area contributed by atoms with E-state index in [4.69, 9.17) is 17.3 Å². The van der Waals surface area contributed by atoms with Crippen LogP contribution in [0.2, 0.25) is 5.02 Å². The van der Waals surface area contributed by atoms with Crippen molar-refractivity contribution in [2.45, 2.75) is 12.2 Å². The van der Waals surface area contributed by atoms with Crippen molar-refractivity contribution in [3.63, 3.8) is 0 Å². The van der Waals surface area contributed by atoms with Crippen LogP contribution in [0.1, 0.15) is 22.0 Å². The summed E-state index contributed by atoms with van der Waals surface area (Å²) in [7, 11) is 0. The Morgan fingerprint density at radius 3 is 2.42 bits per heavy atom. The average Bonchev–Trinajstić information content (AvgIpc) is 2.72. The summed E-state index contributed by atoms with van der Waals surface area (Å²) in [5, 5.41) is 1.89. The van der Waals surface area contributed by atoms with Gasteiger partial charge in [-0.05, 0) is 35.2 Å². The normalized spacial score (nSPS) is 13.6. The van der Waals surface area contributed by atoms with E-state index < -0.39 is 23.6 Å². The summed E-state index contributed by atoms with van der Waals surface area (Å²) >= 11 is 6.98. The monoisotopic (exact) mass is 309 g/mol. The van der Waals surface area contributed by atoms with E-state index in [0.717, 1.165) is 23.5 Å². The van der Waals surface area contributed by atoms with E-state index in [1.54, 1.807) is 5.38 Å². The minimum atomic E-state index is -4.59. The second-order valence-electron chi connectivity index (χ2n) is 3.84. The number of halogens is 5. The van der Waals surface area contributed by atoms with Gasteiger partial charge in [0.25, 0.3) is 0 Å². The Morgan fingerprint density at radius 2 is 1.89 bits per heavy atom. The van der Waals surface area contributed by atoms with Crippen LogP contribution in [0, 0.1) is 5.82 Å². The van der Waals surface area contributed by atoms with Gasteiger partial charge in [-0.3, -0.25) is 0 Å². The second-order valence-corrected chi connectivity index (χ2v) is 5.19. The molecule has 1 nitrogen and oxygen atoms in total. The number of benzene rings is 1. The largest absolute Gasteiger partial charge is 0.416 e. The quantitative estimate of drug-likeness (QED) is 0.806. The van der Waals surface area contributed by atoms with Crippen LogP contribution < -0.4 is 5.73 Å². The van der Waals surface area contributed by atoms with Gasteiger partial charge in [0.1, 0.15) is 5.82 Å². The maximum absolute atomic E-state index is 13.2. The van der Waals surface area contributed by atoms with Crippen LogP contribution in [0.4, 0.5) is 17.6 Å². The van der Waals surface area contributed by atoms with Crippen molar-refractivity contribution in [1.82, 2.24) is 0 Å². The first kappa shape index (κ1) is 14.3. The van der Waals surface area contributed by atoms with Crippen molar-refractivity contribution in [2.75, 3.05) is 0 Å². The molecule has 2 aromatic rings. The Hall–Kier alpha value is -1.11. The zero-order valence-electron chi connectivity index (χ0n) is 9.34. The van der Waals surface area contributed by atoms with Crippen LogP contribution in [0.3, 0.4) is 0 Å². The predicted molar refractivity (Wildman–Crippen MR) is 66.8 cm³/mol. The van der Waals surface area contributed by atoms with Gasteiger partial charge < -0.3 is 5.73 Å². The van der Waals surface area contributed by atoms with Gasteiger partial charge >= 0.3 is 6.18 Å². The van der Waals surface area contributed by atoms with Gasteiger partial charge in [0.05, 0.1) is 16.6 Å². The molecule has 0 bridgehead atoms. The van der Waals surface area contributed by atoms with E-state index in [1.807, 2.05) is 0 Å². The summed E-state index contributed by atoms with van der Waals surface area (Å²) in [5.74, 6) is -0.772. The minimum absolute atomic E-state index is 0.273. The van der Waals surface area contributed by atoms with Gasteiger partial charge in [-0.15, -0.1) is 11.3 Å². The number of hydrogen-bond donors (Lipinski definition) is 1. The highest BCUT2D eigenvalue weighted by molar-refractivity contribution is 7.10. The van der Waals surface area contributed by atoms with Crippen LogP contribution in [0.15, 0.2) is 29.6 Å². The zero-order valence-corrected chi connectivity index (χ0v) is 10.9. The summed E-state index contributed by atoms with van der Waals surface area (Å²) in [5.41, 5.74) is 4.51. The molecule has 0 saturated heterocycles. The molecule has 1 unspecified atom stereocenters. The van der Waals surface area contributed by atoms with Crippen molar-refractivity contribution >= 4 is 22.9 Å². The van der Waals surface area contributed by atoms with Crippen LogP contribution in [-0.2, 0) is 6.18 Å². The van der Waals surface area contributed by atoms with E-state index in [0.29, 0.717) is 10.9 Å². The third-order valence-corrected chi connectivity index (χ3v) is 4.02. The number of nitrogens with two attached hydrogens (primary N) is 1. The molecule has 0 fully saturated rings. The fraction of sp³-hybridized carbons (Fsp3) is 0.167. The molecule has 0 spiro atoms. The Balaban J connectivity index is 2.55. The number of thiophene rings is 1. The molecule has 1 heterocycles. The molecule has 0 radical (unpaired) electrons. The van der Waals surface area contributed by atoms with Crippen LogP contribution in [0.5, 0.6) is 0 Å². The number of rotatable bonds is 2. The topological polar surface area (TPSA) is 26.0 Å². The summed E-state index contributed by atoms with van der Waals surface area (Å²) in [6.07, 6.45) is -4.59. The first-order valence-electron chi connectivity index (χ1n) is 5.16. The SMILES string of the molecule is NC(c1cc(F)ccc1C(F)(F)F)c1sccc1Cl. The molecule has 0 amide bonds. The highest BCUT2D eigenvalue weighted by Crippen LogP contribution is 2.39. The molecule has 1 aromatic carbocycles. The Labute approximate surface area is 115 Å². The molecule has 19 heavy (non-hydrogen) atoms. The highest BCUT2D eigenvalue weighted by Gasteiger charge is 2.35. The van der Waals surface area contributed by atoms with Crippen molar-refractivity contribution in [3.8, 4) is 0 Å². The summed E-state index contributed by atoms with van der Waals surface area (Å²) in [6, 6.07) is 2.67. The highest BCUT2D eigenvalue weighted by atomic mass is 35.5. The molecule has 7 heteroatoms. The molecule has 0 aliphatic carbocycles. The Kier molecular flexibility index (Phi) is 3.85. The molecule has 0 aliphatic rings. The van der Waals surface area contributed by atoms with Gasteiger partial charge in [0, 0.05) is 4.88 Å². The molecule has 0 saturated carbocycles. The first-order valence-corrected chi connectivity index (χ1v) is 6.41. The van der Waals surface area contributed by atoms with Crippen molar-refractivity contribution < 1.29 is 17.6 Å². The lowest BCUT2D eigenvalue weighted by atomic mass is 9.99. The lowest BCUT2D eigenvalue weighted by Gasteiger charge is -2.18. The van der Waals surface area contributed by atoms with Gasteiger partial charge in [0.2, 0.25) is 0 Å². The molecule has 1 aromatic heterocycles. The molecule has 2 rings (SSSR count). The van der Waals surface area contributed by atoms with E-state index >= 15 is 0 Å². The average molecular weight is 310 g/mol. The molecule has 102 valence electrons. The molecular weight excluding hydrogens is 302 g/mol. The third kappa shape index (κ3) is 2.91. The maximum Gasteiger partial charge on any atom is 0.416 e. The molecular formula is C12H8ClF4NS. The van der Waals surface area contributed by atoms with Crippen molar-refractivity contribution in [1.29, 1.82) is 0 Å². The zero-order chi connectivity index (χ0) is 14.2. The lowest BCUT2D eigenvalue weighted by Crippen LogP contribution is -2.18. The first-order chi connectivity index (χ1) is 8.80. The molecule has 0 aliphatic heterocycles. The smallest absolute Gasteiger partial charge is 0.320 e. The standard InChI is InChI=1S/C12H8ClF4NS/c13-9-3-4-19-11(9)10(18)7-5-6(14)1-2-8(7)12(15,16)17/h1-5,10H,18H2. The molecule has 1 atom stereocenters. The summed E-state index contributed by atoms with van der Waals surface area (Å²) in [6.45, 7) is 0. The maximum atomic E-state index is 13.2. The lowest BCUT2D eigenvalue weighted by molar-refractivity contribution is -0.138. The molecule has 2 N–H and O–H groups in total. The van der Waals surface area contributed by atoms with Gasteiger partial charge in [0.15, 0.2) is 0 Å².